The van der Waals surface area contributed by atoms with Crippen molar-refractivity contribution in [3.05, 3.63) is 12.2 Å². The highest BCUT2D eigenvalue weighted by Crippen LogP contribution is 2.60. The molecule has 2 unspecified atom stereocenters. The van der Waals surface area contributed by atoms with E-state index in [0.29, 0.717) is 32.1 Å². The van der Waals surface area contributed by atoms with Gasteiger partial charge in [0.15, 0.2) is 10.1 Å². The molecule has 0 aromatic heterocycles. The molecule has 4 rings (SSSR count). The Kier molecular flexibility index (Phi) is 6.66. The lowest BCUT2D eigenvalue weighted by molar-refractivity contribution is -0.228. The summed E-state index contributed by atoms with van der Waals surface area (Å²) in [7, 11) is -6.58. The largest absolute Gasteiger partial charge is 0.743 e. The van der Waals surface area contributed by atoms with Crippen LogP contribution in [-0.2, 0) is 33.9 Å². The molecule has 33 heavy (non-hydrogen) atoms. The van der Waals surface area contributed by atoms with Gasteiger partial charge >= 0.3 is 23.1 Å². The molecule has 0 heterocycles. The highest BCUT2D eigenvalue weighted by atomic mass is 32.2. The summed E-state index contributed by atoms with van der Waals surface area (Å²) in [4.78, 5) is 24.1. The van der Waals surface area contributed by atoms with Crippen LogP contribution in [0.5, 0.6) is 0 Å². The predicted octanol–water partition coefficient (Wildman–Crippen LogP) is 2.92. The Labute approximate surface area is 188 Å². The molecule has 2 atom stereocenters. The van der Waals surface area contributed by atoms with E-state index in [-0.39, 0.29) is 17.4 Å². The Balaban J connectivity index is 1.53. The number of ether oxygens (including phenoxy) is 3. The van der Waals surface area contributed by atoms with E-state index in [9.17, 15) is 40.1 Å². The van der Waals surface area contributed by atoms with Crippen LogP contribution in [0.15, 0.2) is 12.2 Å². The Hall–Kier alpha value is -1.73. The van der Waals surface area contributed by atoms with Gasteiger partial charge in [0.2, 0.25) is 0 Å². The van der Waals surface area contributed by atoms with Crippen molar-refractivity contribution in [3.8, 4) is 0 Å². The first-order chi connectivity index (χ1) is 15.0. The lowest BCUT2D eigenvalue weighted by Crippen LogP contribution is -2.61. The number of carbonyl (C=O) groups excluding carboxylic acids is 2. The van der Waals surface area contributed by atoms with Crippen LogP contribution in [0.3, 0.4) is 0 Å². The fraction of sp³-hybridized carbons (Fsp3) is 0.800. The highest BCUT2D eigenvalue weighted by Gasteiger charge is 2.62. The Morgan fingerprint density at radius 1 is 1.06 bits per heavy atom. The monoisotopic (exact) mass is 501 g/mol. The van der Waals surface area contributed by atoms with E-state index in [0.717, 1.165) is 6.42 Å². The molecule has 4 aliphatic carbocycles. The number of alkyl halides is 4. The first kappa shape index (κ1) is 25.9. The highest BCUT2D eigenvalue weighted by molar-refractivity contribution is 7.86. The zero-order valence-electron chi connectivity index (χ0n) is 17.9. The fourth-order valence-electron chi connectivity index (χ4n) is 5.69. The molecule has 0 aromatic rings. The predicted molar refractivity (Wildman–Crippen MR) is 102 cm³/mol. The SMILES string of the molecule is C=C(COCCC(F)(F)C(F)(F)S(=O)(=O)[O-])C(=O)OC12CC3CC(CC(OC(C)=O)(C3)C1)C2. The minimum absolute atomic E-state index is 0.226. The third-order valence-electron chi connectivity index (χ3n) is 6.49. The maximum absolute atomic E-state index is 13.4. The summed E-state index contributed by atoms with van der Waals surface area (Å²) >= 11 is 0. The van der Waals surface area contributed by atoms with Crippen molar-refractivity contribution < 1.29 is 54.3 Å². The molecule has 8 nitrogen and oxygen atoms in total. The number of carbonyl (C=O) groups is 2. The lowest BCUT2D eigenvalue weighted by Gasteiger charge is -2.60. The molecule has 188 valence electrons. The van der Waals surface area contributed by atoms with Gasteiger partial charge in [0.25, 0.3) is 0 Å². The quantitative estimate of drug-likeness (QED) is 0.147. The molecule has 0 N–H and O–H groups in total. The van der Waals surface area contributed by atoms with Crippen molar-refractivity contribution in [3.63, 3.8) is 0 Å². The Morgan fingerprint density at radius 3 is 2.06 bits per heavy atom. The van der Waals surface area contributed by atoms with Gasteiger partial charge in [-0.1, -0.05) is 6.58 Å². The van der Waals surface area contributed by atoms with E-state index in [2.05, 4.69) is 6.58 Å². The molecule has 4 aliphatic rings. The van der Waals surface area contributed by atoms with Crippen molar-refractivity contribution in [2.45, 2.75) is 74.2 Å². The summed E-state index contributed by atoms with van der Waals surface area (Å²) in [6, 6.07) is 0. The van der Waals surface area contributed by atoms with Gasteiger partial charge < -0.3 is 18.8 Å². The molecule has 0 saturated heterocycles. The van der Waals surface area contributed by atoms with Crippen LogP contribution in [0.4, 0.5) is 17.6 Å². The molecule has 0 spiro atoms. The van der Waals surface area contributed by atoms with E-state index in [4.69, 9.17) is 14.2 Å². The van der Waals surface area contributed by atoms with Gasteiger partial charge in [-0.25, -0.2) is 13.2 Å². The molecular formula is C20H25F4O8S-. The van der Waals surface area contributed by atoms with Crippen molar-refractivity contribution >= 4 is 22.1 Å². The molecule has 4 bridgehead atoms. The second kappa shape index (κ2) is 8.49. The van der Waals surface area contributed by atoms with Crippen LogP contribution in [0.25, 0.3) is 0 Å². The smallest absolute Gasteiger partial charge is 0.396 e. The van der Waals surface area contributed by atoms with E-state index in [1.54, 1.807) is 0 Å². The van der Waals surface area contributed by atoms with E-state index >= 15 is 0 Å². The average Bonchev–Trinajstić information content (AvgIpc) is 2.61. The second-order valence-corrected chi connectivity index (χ2v) is 10.8. The maximum Gasteiger partial charge on any atom is 0.396 e. The minimum Gasteiger partial charge on any atom is -0.743 e. The van der Waals surface area contributed by atoms with Crippen LogP contribution < -0.4 is 0 Å². The van der Waals surface area contributed by atoms with Crippen molar-refractivity contribution in [2.75, 3.05) is 13.2 Å². The second-order valence-electron chi connectivity index (χ2n) is 9.39. The summed E-state index contributed by atoms with van der Waals surface area (Å²) in [5.41, 5.74) is -1.79. The third-order valence-corrected chi connectivity index (χ3v) is 7.41. The molecule has 4 fully saturated rings. The van der Waals surface area contributed by atoms with Gasteiger partial charge in [-0.3, -0.25) is 4.79 Å². The van der Waals surface area contributed by atoms with Crippen LogP contribution in [0, 0.1) is 11.8 Å². The third kappa shape index (κ3) is 5.19. The van der Waals surface area contributed by atoms with Crippen LogP contribution >= 0.6 is 0 Å². The first-order valence-corrected chi connectivity index (χ1v) is 11.8. The van der Waals surface area contributed by atoms with E-state index in [1.807, 2.05) is 0 Å². The molecule has 0 radical (unpaired) electrons. The number of esters is 2. The van der Waals surface area contributed by atoms with Gasteiger partial charge in [0, 0.05) is 19.8 Å². The standard InChI is InChI=1S/C20H26F4O8S/c1-12(10-30-4-3-19(21,22)20(23,24)33(27,28)29)16(26)32-18-8-14-5-15(9-18)7-17(6-14,11-18)31-13(2)25/h14-15H,1,3-11H2,2H3,(H,27,28,29)/p-1. The van der Waals surface area contributed by atoms with Crippen molar-refractivity contribution in [1.29, 1.82) is 0 Å². The van der Waals surface area contributed by atoms with Gasteiger partial charge in [-0.2, -0.15) is 17.6 Å². The summed E-state index contributed by atoms with van der Waals surface area (Å²) < 4.78 is 100. The molecule has 0 aromatic carbocycles. The number of hydrogen-bond acceptors (Lipinski definition) is 8. The summed E-state index contributed by atoms with van der Waals surface area (Å²) in [5, 5.41) is -5.80. The molecule has 4 saturated carbocycles. The zero-order valence-corrected chi connectivity index (χ0v) is 18.7. The summed E-state index contributed by atoms with van der Waals surface area (Å²) in [6.45, 7) is 3.11. The average molecular weight is 501 g/mol. The number of halogens is 4. The number of rotatable bonds is 10. The first-order valence-electron chi connectivity index (χ1n) is 10.4. The van der Waals surface area contributed by atoms with E-state index in [1.165, 1.54) is 6.92 Å². The minimum atomic E-state index is -6.58. The topological polar surface area (TPSA) is 119 Å². The van der Waals surface area contributed by atoms with Crippen LogP contribution in [0.1, 0.15) is 51.9 Å². The van der Waals surface area contributed by atoms with Crippen molar-refractivity contribution in [1.82, 2.24) is 0 Å². The zero-order chi connectivity index (χ0) is 24.9. The van der Waals surface area contributed by atoms with Crippen LogP contribution in [-0.4, -0.2) is 60.5 Å². The van der Waals surface area contributed by atoms with Gasteiger partial charge in [0.05, 0.1) is 18.8 Å². The normalized spacial score (nSPS) is 31.3. The number of hydrogen-bond donors (Lipinski definition) is 0. The van der Waals surface area contributed by atoms with Crippen molar-refractivity contribution in [2.24, 2.45) is 11.8 Å². The lowest BCUT2D eigenvalue weighted by atomic mass is 9.52. The summed E-state index contributed by atoms with van der Waals surface area (Å²) in [5.74, 6) is -5.97. The van der Waals surface area contributed by atoms with Gasteiger partial charge in [-0.05, 0) is 43.9 Å². The van der Waals surface area contributed by atoms with Crippen LogP contribution in [0.2, 0.25) is 0 Å². The van der Waals surface area contributed by atoms with Gasteiger partial charge in [-0.15, -0.1) is 0 Å². The maximum atomic E-state index is 13.4. The molecule has 0 aliphatic heterocycles. The van der Waals surface area contributed by atoms with E-state index < -0.39 is 64.1 Å². The molecule has 0 amide bonds. The molecule has 13 heteroatoms. The van der Waals surface area contributed by atoms with Gasteiger partial charge in [0.1, 0.15) is 11.2 Å². The Morgan fingerprint density at radius 2 is 1.58 bits per heavy atom. The fourth-order valence-corrected chi connectivity index (χ4v) is 6.16. The Bertz CT molecular complexity index is 918. The summed E-state index contributed by atoms with van der Waals surface area (Å²) in [6.07, 6.45) is 2.12. The molecular weight excluding hydrogens is 476 g/mol.